The molecule has 4 aliphatic rings. The molecule has 0 saturated heterocycles. The molecule has 4 saturated carbocycles. The first-order valence-electron chi connectivity index (χ1n) is 15.9. The Morgan fingerprint density at radius 2 is 1.73 bits per heavy atom. The number of halogens is 2. The second-order valence-electron chi connectivity index (χ2n) is 15.0. The third-order valence-electron chi connectivity index (χ3n) is 12.4. The van der Waals surface area contributed by atoms with Gasteiger partial charge in [0.25, 0.3) is 0 Å². The summed E-state index contributed by atoms with van der Waals surface area (Å²) in [4.78, 5) is 13.1. The Labute approximate surface area is 245 Å². The minimum atomic E-state index is 0.00630. The summed E-state index contributed by atoms with van der Waals surface area (Å²) >= 11 is 8.62. The Kier molecular flexibility index (Phi) is 9.64. The summed E-state index contributed by atoms with van der Waals surface area (Å²) < 4.78 is 6.10. The number of rotatable bonds is 9. The molecule has 214 valence electrons. The van der Waals surface area contributed by atoms with E-state index < -0.39 is 0 Å². The molecule has 2 nitrogen and oxygen atoms in total. The lowest BCUT2D eigenvalue weighted by atomic mass is 9.44. The SMILES string of the molecule is CC[C@@H](C)CC(=O)O[C@H]1CC[C@]2(C)[C@@H]3CC[C@@]4(C)[C@H](CC[C@H]4[C@@H](C)CCCC(C)C)[C@H]3C[C@H](Br)[C@@]2(Br)C1. The number of ether oxygens (including phenoxy) is 1. The molecule has 11 atom stereocenters. The van der Waals surface area contributed by atoms with Crippen LogP contribution < -0.4 is 0 Å². The van der Waals surface area contributed by atoms with Crippen LogP contribution in [0.2, 0.25) is 0 Å². The molecule has 4 heteroatoms. The summed E-state index contributed by atoms with van der Waals surface area (Å²) in [6, 6.07) is 0. The van der Waals surface area contributed by atoms with E-state index in [4.69, 9.17) is 4.74 Å². The van der Waals surface area contributed by atoms with Gasteiger partial charge in [0.1, 0.15) is 6.10 Å². The zero-order valence-corrected chi connectivity index (χ0v) is 28.1. The van der Waals surface area contributed by atoms with Gasteiger partial charge in [-0.1, -0.05) is 106 Å². The lowest BCUT2D eigenvalue weighted by Gasteiger charge is -2.66. The lowest BCUT2D eigenvalue weighted by Crippen LogP contribution is -2.64. The summed E-state index contributed by atoms with van der Waals surface area (Å²) in [6.07, 6.45) is 15.9. The van der Waals surface area contributed by atoms with Crippen LogP contribution in [0.5, 0.6) is 0 Å². The fourth-order valence-electron chi connectivity index (χ4n) is 9.94. The van der Waals surface area contributed by atoms with Crippen LogP contribution in [0.15, 0.2) is 0 Å². The van der Waals surface area contributed by atoms with Crippen LogP contribution in [0.4, 0.5) is 0 Å². The zero-order chi connectivity index (χ0) is 27.2. The third kappa shape index (κ3) is 5.65. The molecule has 0 heterocycles. The average Bonchev–Trinajstić information content (AvgIpc) is 3.18. The number of hydrogen-bond donors (Lipinski definition) is 0. The second kappa shape index (κ2) is 11.7. The highest BCUT2D eigenvalue weighted by Crippen LogP contribution is 2.71. The van der Waals surface area contributed by atoms with Gasteiger partial charge in [-0.25, -0.2) is 0 Å². The Balaban J connectivity index is 1.46. The monoisotopic (exact) mass is 642 g/mol. The molecular formula is C33H56Br2O2. The number of alkyl halides is 2. The molecule has 0 aromatic carbocycles. The smallest absolute Gasteiger partial charge is 0.306 e. The number of carbonyl (C=O) groups is 1. The van der Waals surface area contributed by atoms with Crippen LogP contribution in [0.3, 0.4) is 0 Å². The maximum Gasteiger partial charge on any atom is 0.306 e. The largest absolute Gasteiger partial charge is 0.462 e. The second-order valence-corrected chi connectivity index (χ2v) is 17.5. The van der Waals surface area contributed by atoms with E-state index in [0.29, 0.717) is 22.6 Å². The number of hydrogen-bond acceptors (Lipinski definition) is 2. The van der Waals surface area contributed by atoms with E-state index in [0.717, 1.165) is 54.8 Å². The molecule has 0 unspecified atom stereocenters. The normalized spacial score (nSPS) is 45.0. The minimum absolute atomic E-state index is 0.00630. The lowest BCUT2D eigenvalue weighted by molar-refractivity contribution is -0.159. The standard InChI is InChI=1S/C33H56Br2O2/c1-8-22(4)18-30(36)37-24-14-17-32(7)28-15-16-31(6)26(23(5)11-9-10-21(2)3)12-13-27(31)25(28)19-29(34)33(32,35)20-24/h21-29H,8-20H2,1-7H3/t22-,23+,24+,25-,26+,27-,28-,29+,31-,32-,33+/m1/s1. The summed E-state index contributed by atoms with van der Waals surface area (Å²) in [5.41, 5.74) is 0.780. The van der Waals surface area contributed by atoms with Crippen molar-refractivity contribution < 1.29 is 9.53 Å². The number of fused-ring (bicyclic) bond motifs is 5. The molecule has 0 spiro atoms. The highest BCUT2D eigenvalue weighted by Gasteiger charge is 2.67. The van der Waals surface area contributed by atoms with Gasteiger partial charge >= 0.3 is 5.97 Å². The Hall–Kier alpha value is 0.430. The molecule has 4 rings (SSSR count). The van der Waals surface area contributed by atoms with E-state index in [1.54, 1.807) is 0 Å². The van der Waals surface area contributed by atoms with Crippen molar-refractivity contribution in [1.82, 2.24) is 0 Å². The van der Waals surface area contributed by atoms with Gasteiger partial charge in [-0.05, 0) is 97.2 Å². The first kappa shape index (κ1) is 30.4. The zero-order valence-electron chi connectivity index (χ0n) is 25.0. The van der Waals surface area contributed by atoms with Crippen molar-refractivity contribution in [3.05, 3.63) is 0 Å². The van der Waals surface area contributed by atoms with E-state index >= 15 is 0 Å². The predicted molar refractivity (Wildman–Crippen MR) is 163 cm³/mol. The maximum absolute atomic E-state index is 12.6. The van der Waals surface area contributed by atoms with Gasteiger partial charge < -0.3 is 4.74 Å². The van der Waals surface area contributed by atoms with Crippen LogP contribution in [0.1, 0.15) is 132 Å². The molecule has 0 amide bonds. The number of carbonyl (C=O) groups excluding carboxylic acids is 1. The van der Waals surface area contributed by atoms with Gasteiger partial charge in [-0.2, -0.15) is 0 Å². The quantitative estimate of drug-likeness (QED) is 0.184. The topological polar surface area (TPSA) is 26.3 Å². The third-order valence-corrected chi connectivity index (χ3v) is 16.0. The van der Waals surface area contributed by atoms with E-state index in [2.05, 4.69) is 80.3 Å². The van der Waals surface area contributed by atoms with Crippen LogP contribution >= 0.6 is 31.9 Å². The van der Waals surface area contributed by atoms with Crippen LogP contribution in [-0.4, -0.2) is 21.2 Å². The van der Waals surface area contributed by atoms with Crippen molar-refractivity contribution in [1.29, 1.82) is 0 Å². The first-order chi connectivity index (χ1) is 17.4. The summed E-state index contributed by atoms with van der Waals surface area (Å²) in [5.74, 6) is 5.50. The van der Waals surface area contributed by atoms with Crippen molar-refractivity contribution in [2.45, 2.75) is 147 Å². The highest BCUT2D eigenvalue weighted by atomic mass is 79.9. The number of esters is 1. The van der Waals surface area contributed by atoms with Crippen molar-refractivity contribution in [3.63, 3.8) is 0 Å². The van der Waals surface area contributed by atoms with E-state index in [1.165, 1.54) is 57.8 Å². The van der Waals surface area contributed by atoms with Crippen molar-refractivity contribution in [3.8, 4) is 0 Å². The highest BCUT2D eigenvalue weighted by molar-refractivity contribution is 9.12. The van der Waals surface area contributed by atoms with Gasteiger partial charge in [0, 0.05) is 22.0 Å². The van der Waals surface area contributed by atoms with Gasteiger partial charge in [0.15, 0.2) is 0 Å². The van der Waals surface area contributed by atoms with Gasteiger partial charge in [0.2, 0.25) is 0 Å². The minimum Gasteiger partial charge on any atom is -0.462 e. The summed E-state index contributed by atoms with van der Waals surface area (Å²) in [7, 11) is 0. The first-order valence-corrected chi connectivity index (χ1v) is 17.6. The Bertz CT molecular complexity index is 799. The Morgan fingerprint density at radius 3 is 2.41 bits per heavy atom. The summed E-state index contributed by atoms with van der Waals surface area (Å²) in [5, 5.41) is 0. The van der Waals surface area contributed by atoms with Gasteiger partial charge in [-0.15, -0.1) is 0 Å². The van der Waals surface area contributed by atoms with Crippen LogP contribution in [-0.2, 0) is 9.53 Å². The fourth-order valence-corrected chi connectivity index (χ4v) is 12.1. The molecule has 0 aromatic heterocycles. The van der Waals surface area contributed by atoms with E-state index in [-0.39, 0.29) is 21.8 Å². The molecule has 0 N–H and O–H groups in total. The summed E-state index contributed by atoms with van der Waals surface area (Å²) in [6.45, 7) is 16.9. The predicted octanol–water partition coefficient (Wildman–Crippen LogP) is 10.3. The van der Waals surface area contributed by atoms with Gasteiger partial charge in [-0.3, -0.25) is 4.79 Å². The fraction of sp³-hybridized carbons (Fsp3) is 0.970. The van der Waals surface area contributed by atoms with Crippen molar-refractivity contribution in [2.24, 2.45) is 52.3 Å². The average molecular weight is 645 g/mol. The molecule has 4 aliphatic carbocycles. The van der Waals surface area contributed by atoms with E-state index in [9.17, 15) is 4.79 Å². The molecule has 0 aromatic rings. The van der Waals surface area contributed by atoms with Crippen molar-refractivity contribution >= 4 is 37.8 Å². The molecule has 0 aliphatic heterocycles. The molecule has 0 radical (unpaired) electrons. The molecular weight excluding hydrogens is 588 g/mol. The van der Waals surface area contributed by atoms with Crippen LogP contribution in [0.25, 0.3) is 0 Å². The molecule has 0 bridgehead atoms. The van der Waals surface area contributed by atoms with Crippen LogP contribution in [0, 0.1) is 52.3 Å². The van der Waals surface area contributed by atoms with Gasteiger partial charge in [0.05, 0.1) is 0 Å². The van der Waals surface area contributed by atoms with Crippen molar-refractivity contribution in [2.75, 3.05) is 0 Å². The van der Waals surface area contributed by atoms with E-state index in [1.807, 2.05) is 0 Å². The Morgan fingerprint density at radius 1 is 1.00 bits per heavy atom. The molecule has 4 fully saturated rings. The molecule has 37 heavy (non-hydrogen) atoms. The maximum atomic E-state index is 12.6.